The molecule has 0 N–H and O–H groups in total. The summed E-state index contributed by atoms with van der Waals surface area (Å²) < 4.78 is 0. The molecule has 0 amide bonds. The van der Waals surface area contributed by atoms with Crippen LogP contribution in [0.3, 0.4) is 0 Å². The normalized spacial score (nSPS) is 11.4. The molecule has 0 rings (SSSR count). The van der Waals surface area contributed by atoms with E-state index in [1.54, 1.807) is 0 Å². The average Bonchev–Trinajstić information content (AvgIpc) is 2.35. The number of hydrogen-bond acceptors (Lipinski definition) is 1. The van der Waals surface area contributed by atoms with E-state index in [1.165, 1.54) is 77.0 Å². The molecule has 0 unspecified atom stereocenters. The van der Waals surface area contributed by atoms with E-state index in [4.69, 9.17) is 0 Å². The van der Waals surface area contributed by atoms with Gasteiger partial charge in [0.05, 0.1) is 0 Å². The highest BCUT2D eigenvalue weighted by molar-refractivity contribution is 5.56. The maximum absolute atomic E-state index is 4.48. The van der Waals surface area contributed by atoms with Gasteiger partial charge in [0.15, 0.2) is 0 Å². The highest BCUT2D eigenvalue weighted by Crippen LogP contribution is 2.05. The fraction of sp³-hybridized carbons (Fsp3) is 0.938. The number of rotatable bonds is 13. The topological polar surface area (TPSA) is 12.4 Å². The third kappa shape index (κ3) is 15.7. The van der Waals surface area contributed by atoms with Gasteiger partial charge in [0.25, 0.3) is 0 Å². The zero-order valence-electron chi connectivity index (χ0n) is 12.2. The van der Waals surface area contributed by atoms with E-state index < -0.39 is 0 Å². The molecule has 0 aliphatic rings. The molecule has 0 saturated heterocycles. The van der Waals surface area contributed by atoms with Gasteiger partial charge >= 0.3 is 0 Å². The largest absolute Gasteiger partial charge is 0.298 e. The van der Waals surface area contributed by atoms with Crippen LogP contribution in [0, 0.1) is 0 Å². The molecule has 0 spiro atoms. The molecule has 0 fully saturated rings. The monoisotopic (exact) mass is 239 g/mol. The second-order valence-electron chi connectivity index (χ2n) is 5.06. The quantitative estimate of drug-likeness (QED) is 0.285. The van der Waals surface area contributed by atoms with Crippen LogP contribution in [-0.4, -0.2) is 12.8 Å². The number of aliphatic imine (C=N–C) groups is 1. The first kappa shape index (κ1) is 16.7. The maximum atomic E-state index is 4.48. The van der Waals surface area contributed by atoms with E-state index in [-0.39, 0.29) is 0 Å². The molecular weight excluding hydrogens is 206 g/mol. The van der Waals surface area contributed by atoms with E-state index in [0.717, 1.165) is 6.54 Å². The van der Waals surface area contributed by atoms with Gasteiger partial charge in [0, 0.05) is 6.54 Å². The molecular formula is C16H33N. The minimum atomic E-state index is 1.06. The summed E-state index contributed by atoms with van der Waals surface area (Å²) in [5.74, 6) is 0. The van der Waals surface area contributed by atoms with Crippen LogP contribution in [0.1, 0.15) is 90.9 Å². The Morgan fingerprint density at radius 3 is 1.82 bits per heavy atom. The van der Waals surface area contributed by atoms with Crippen molar-refractivity contribution >= 4 is 6.21 Å². The van der Waals surface area contributed by atoms with Crippen molar-refractivity contribution < 1.29 is 0 Å². The van der Waals surface area contributed by atoms with Crippen LogP contribution in [0.15, 0.2) is 4.99 Å². The molecule has 102 valence electrons. The first-order valence-electron chi connectivity index (χ1n) is 7.90. The summed E-state index contributed by atoms with van der Waals surface area (Å²) in [6.07, 6.45) is 18.4. The minimum Gasteiger partial charge on any atom is -0.298 e. The van der Waals surface area contributed by atoms with Crippen molar-refractivity contribution in [3.05, 3.63) is 0 Å². The molecule has 0 aliphatic heterocycles. The van der Waals surface area contributed by atoms with Crippen LogP contribution in [0.25, 0.3) is 0 Å². The Hall–Kier alpha value is -0.330. The van der Waals surface area contributed by atoms with Crippen LogP contribution in [0.4, 0.5) is 0 Å². The zero-order valence-corrected chi connectivity index (χ0v) is 12.2. The predicted molar refractivity (Wildman–Crippen MR) is 80.1 cm³/mol. The van der Waals surface area contributed by atoms with Gasteiger partial charge in [-0.15, -0.1) is 0 Å². The van der Waals surface area contributed by atoms with Crippen LogP contribution in [0.5, 0.6) is 0 Å². The smallest absolute Gasteiger partial charge is 0.0385 e. The Morgan fingerprint density at radius 1 is 0.647 bits per heavy atom. The summed E-state index contributed by atoms with van der Waals surface area (Å²) in [5, 5.41) is 0. The first-order chi connectivity index (χ1) is 8.41. The van der Waals surface area contributed by atoms with Gasteiger partial charge in [0.2, 0.25) is 0 Å². The second kappa shape index (κ2) is 15.7. The van der Waals surface area contributed by atoms with E-state index in [0.29, 0.717) is 0 Å². The van der Waals surface area contributed by atoms with Crippen molar-refractivity contribution in [2.45, 2.75) is 90.9 Å². The van der Waals surface area contributed by atoms with Crippen molar-refractivity contribution in [2.24, 2.45) is 4.99 Å². The van der Waals surface area contributed by atoms with Crippen molar-refractivity contribution in [3.63, 3.8) is 0 Å². The predicted octanol–water partition coefficient (Wildman–Crippen LogP) is 5.78. The minimum absolute atomic E-state index is 1.06. The molecule has 0 aromatic carbocycles. The van der Waals surface area contributed by atoms with Gasteiger partial charge in [0.1, 0.15) is 0 Å². The Bertz CT molecular complexity index is 152. The average molecular weight is 239 g/mol. The number of unbranched alkanes of at least 4 members (excludes halogenated alkanes) is 10. The lowest BCUT2D eigenvalue weighted by atomic mass is 10.1. The standard InChI is InChI=1S/C16H33N/c1-3-5-7-9-11-13-15-17-16-14-12-10-8-6-4-2/h15H,3-14,16H2,1-2H3. The van der Waals surface area contributed by atoms with E-state index in [9.17, 15) is 0 Å². The summed E-state index contributed by atoms with van der Waals surface area (Å²) in [6.45, 7) is 5.59. The fourth-order valence-corrected chi connectivity index (χ4v) is 2.01. The third-order valence-electron chi connectivity index (χ3n) is 3.21. The van der Waals surface area contributed by atoms with Crippen molar-refractivity contribution in [1.29, 1.82) is 0 Å². The molecule has 0 heterocycles. The fourth-order valence-electron chi connectivity index (χ4n) is 2.01. The lowest BCUT2D eigenvalue weighted by Crippen LogP contribution is -1.85. The summed E-state index contributed by atoms with van der Waals surface area (Å²) >= 11 is 0. The molecule has 1 nitrogen and oxygen atoms in total. The van der Waals surface area contributed by atoms with Crippen LogP contribution in [0.2, 0.25) is 0 Å². The van der Waals surface area contributed by atoms with Gasteiger partial charge in [-0.05, 0) is 25.5 Å². The van der Waals surface area contributed by atoms with Crippen molar-refractivity contribution in [1.82, 2.24) is 0 Å². The SMILES string of the molecule is CCCCCCCC=NCCCCCCCC. The first-order valence-corrected chi connectivity index (χ1v) is 7.90. The molecule has 0 aliphatic carbocycles. The Kier molecular flexibility index (Phi) is 15.4. The third-order valence-corrected chi connectivity index (χ3v) is 3.21. The summed E-state index contributed by atoms with van der Waals surface area (Å²) in [7, 11) is 0. The molecule has 0 saturated carbocycles. The summed E-state index contributed by atoms with van der Waals surface area (Å²) in [5.41, 5.74) is 0. The highest BCUT2D eigenvalue weighted by atomic mass is 14.7. The molecule has 0 atom stereocenters. The molecule has 0 aromatic heterocycles. The van der Waals surface area contributed by atoms with Crippen molar-refractivity contribution in [3.8, 4) is 0 Å². The van der Waals surface area contributed by atoms with E-state index in [2.05, 4.69) is 25.1 Å². The number of nitrogens with zero attached hydrogens (tertiary/aromatic N) is 1. The highest BCUT2D eigenvalue weighted by Gasteiger charge is 1.89. The molecule has 0 bridgehead atoms. The van der Waals surface area contributed by atoms with E-state index in [1.807, 2.05) is 0 Å². The van der Waals surface area contributed by atoms with Crippen LogP contribution >= 0.6 is 0 Å². The van der Waals surface area contributed by atoms with Crippen molar-refractivity contribution in [2.75, 3.05) is 6.54 Å². The summed E-state index contributed by atoms with van der Waals surface area (Å²) in [6, 6.07) is 0. The van der Waals surface area contributed by atoms with Gasteiger partial charge in [-0.3, -0.25) is 4.99 Å². The Labute approximate surface area is 109 Å². The van der Waals surface area contributed by atoms with Crippen LogP contribution < -0.4 is 0 Å². The molecule has 17 heavy (non-hydrogen) atoms. The lowest BCUT2D eigenvalue weighted by Gasteiger charge is -1.98. The van der Waals surface area contributed by atoms with Crippen LogP contribution in [-0.2, 0) is 0 Å². The molecule has 1 heteroatoms. The zero-order chi connectivity index (χ0) is 12.6. The second-order valence-corrected chi connectivity index (χ2v) is 5.06. The molecule has 0 aromatic rings. The van der Waals surface area contributed by atoms with Gasteiger partial charge in [-0.1, -0.05) is 71.6 Å². The Morgan fingerprint density at radius 2 is 1.18 bits per heavy atom. The lowest BCUT2D eigenvalue weighted by molar-refractivity contribution is 0.612. The van der Waals surface area contributed by atoms with Gasteiger partial charge in [-0.25, -0.2) is 0 Å². The maximum Gasteiger partial charge on any atom is 0.0385 e. The number of hydrogen-bond donors (Lipinski definition) is 0. The molecule has 0 radical (unpaired) electrons. The Balaban J connectivity index is 2.99. The van der Waals surface area contributed by atoms with E-state index >= 15 is 0 Å². The van der Waals surface area contributed by atoms with Gasteiger partial charge < -0.3 is 0 Å². The summed E-state index contributed by atoms with van der Waals surface area (Å²) in [4.78, 5) is 4.48. The van der Waals surface area contributed by atoms with Gasteiger partial charge in [-0.2, -0.15) is 0 Å².